The van der Waals surface area contributed by atoms with Gasteiger partial charge in [0.2, 0.25) is 22.7 Å². The standard InChI is InChI=1S/C14H16N6O4S/c1-20-14(17-18-19-20)25-7-11-15-16-13(24-11)8-5-9(21-2)12(23-4)10(6-8)22-3/h5-6H,7H2,1-4H3. The highest BCUT2D eigenvalue weighted by atomic mass is 32.2. The van der Waals surface area contributed by atoms with E-state index in [4.69, 9.17) is 18.6 Å². The molecule has 3 rings (SSSR count). The molecule has 0 amide bonds. The van der Waals surface area contributed by atoms with Gasteiger partial charge in [-0.05, 0) is 22.6 Å². The van der Waals surface area contributed by atoms with Crippen LogP contribution in [0.5, 0.6) is 17.2 Å². The van der Waals surface area contributed by atoms with Crippen molar-refractivity contribution in [2.75, 3.05) is 21.3 Å². The van der Waals surface area contributed by atoms with Gasteiger partial charge in [-0.15, -0.1) is 15.3 Å². The molecule has 132 valence electrons. The Labute approximate surface area is 147 Å². The fourth-order valence-corrected chi connectivity index (χ4v) is 2.79. The Kier molecular flexibility index (Phi) is 5.03. The summed E-state index contributed by atoms with van der Waals surface area (Å²) in [4.78, 5) is 0. The zero-order chi connectivity index (χ0) is 17.8. The van der Waals surface area contributed by atoms with Crippen molar-refractivity contribution in [1.29, 1.82) is 0 Å². The molecule has 0 saturated carbocycles. The fraction of sp³-hybridized carbons (Fsp3) is 0.357. The van der Waals surface area contributed by atoms with Gasteiger partial charge in [-0.1, -0.05) is 11.8 Å². The van der Waals surface area contributed by atoms with Gasteiger partial charge in [-0.25, -0.2) is 4.68 Å². The molecule has 1 aromatic carbocycles. The summed E-state index contributed by atoms with van der Waals surface area (Å²) >= 11 is 1.40. The molecule has 2 aromatic heterocycles. The van der Waals surface area contributed by atoms with Crippen LogP contribution in [0.4, 0.5) is 0 Å². The normalized spacial score (nSPS) is 10.7. The predicted molar refractivity (Wildman–Crippen MR) is 87.7 cm³/mol. The van der Waals surface area contributed by atoms with Gasteiger partial charge in [-0.2, -0.15) is 0 Å². The van der Waals surface area contributed by atoms with Crippen molar-refractivity contribution < 1.29 is 18.6 Å². The third-order valence-electron chi connectivity index (χ3n) is 3.28. The SMILES string of the molecule is COc1cc(-c2nnc(CSc3nnnn3C)o2)cc(OC)c1OC. The smallest absolute Gasteiger partial charge is 0.248 e. The van der Waals surface area contributed by atoms with Crippen molar-refractivity contribution in [3.05, 3.63) is 18.0 Å². The second-order valence-electron chi connectivity index (χ2n) is 4.79. The highest BCUT2D eigenvalue weighted by Crippen LogP contribution is 2.40. The average molecular weight is 364 g/mol. The third kappa shape index (κ3) is 3.50. The van der Waals surface area contributed by atoms with E-state index in [2.05, 4.69) is 25.7 Å². The van der Waals surface area contributed by atoms with Crippen LogP contribution in [0.15, 0.2) is 21.7 Å². The van der Waals surface area contributed by atoms with Crippen molar-refractivity contribution >= 4 is 11.8 Å². The van der Waals surface area contributed by atoms with Crippen LogP contribution in [0.25, 0.3) is 11.5 Å². The molecule has 10 nitrogen and oxygen atoms in total. The van der Waals surface area contributed by atoms with Crippen molar-refractivity contribution in [1.82, 2.24) is 30.4 Å². The minimum absolute atomic E-state index is 0.353. The molecule has 0 aliphatic heterocycles. The number of tetrazole rings is 1. The minimum Gasteiger partial charge on any atom is -0.493 e. The molecule has 0 saturated heterocycles. The molecule has 0 aliphatic carbocycles. The molecule has 0 unspecified atom stereocenters. The van der Waals surface area contributed by atoms with Crippen molar-refractivity contribution in [2.45, 2.75) is 10.9 Å². The predicted octanol–water partition coefficient (Wildman–Crippen LogP) is 1.58. The second kappa shape index (κ2) is 7.38. The summed E-state index contributed by atoms with van der Waals surface area (Å²) in [5.74, 6) is 2.78. The summed E-state index contributed by atoms with van der Waals surface area (Å²) in [7, 11) is 6.40. The lowest BCUT2D eigenvalue weighted by Crippen LogP contribution is -1.95. The fourth-order valence-electron chi connectivity index (χ4n) is 2.10. The van der Waals surface area contributed by atoms with Crippen LogP contribution in [0, 0.1) is 0 Å². The molecule has 0 bridgehead atoms. The molecule has 2 heterocycles. The first kappa shape index (κ1) is 17.0. The highest BCUT2D eigenvalue weighted by molar-refractivity contribution is 7.98. The maximum absolute atomic E-state index is 5.71. The van der Waals surface area contributed by atoms with Gasteiger partial charge in [0, 0.05) is 12.6 Å². The number of nitrogens with zero attached hydrogens (tertiary/aromatic N) is 6. The van der Waals surface area contributed by atoms with Gasteiger partial charge >= 0.3 is 0 Å². The van der Waals surface area contributed by atoms with E-state index in [0.717, 1.165) is 0 Å². The lowest BCUT2D eigenvalue weighted by Gasteiger charge is -2.12. The molecule has 3 aromatic rings. The maximum atomic E-state index is 5.71. The van der Waals surface area contributed by atoms with Crippen molar-refractivity contribution in [3.63, 3.8) is 0 Å². The summed E-state index contributed by atoms with van der Waals surface area (Å²) < 4.78 is 23.2. The van der Waals surface area contributed by atoms with Crippen LogP contribution in [-0.4, -0.2) is 51.7 Å². The molecule has 0 radical (unpaired) electrons. The number of aryl methyl sites for hydroxylation is 1. The van der Waals surface area contributed by atoms with Crippen LogP contribution in [-0.2, 0) is 12.8 Å². The second-order valence-corrected chi connectivity index (χ2v) is 5.73. The molecule has 0 N–H and O–H groups in total. The molecule has 0 atom stereocenters. The summed E-state index contributed by atoms with van der Waals surface area (Å²) in [6.45, 7) is 0. The maximum Gasteiger partial charge on any atom is 0.248 e. The lowest BCUT2D eigenvalue weighted by atomic mass is 10.2. The number of benzene rings is 1. The number of aromatic nitrogens is 6. The van der Waals surface area contributed by atoms with E-state index in [1.165, 1.54) is 11.8 Å². The molecular formula is C14H16N6O4S. The number of rotatable bonds is 7. The first-order valence-electron chi connectivity index (χ1n) is 7.14. The Morgan fingerprint density at radius 2 is 1.76 bits per heavy atom. The molecule has 0 aliphatic rings. The average Bonchev–Trinajstić information content (AvgIpc) is 3.27. The van der Waals surface area contributed by atoms with Crippen LogP contribution >= 0.6 is 11.8 Å². The summed E-state index contributed by atoms with van der Waals surface area (Å²) in [6, 6.07) is 3.50. The third-order valence-corrected chi connectivity index (χ3v) is 4.28. The monoisotopic (exact) mass is 364 g/mol. The van der Waals surface area contributed by atoms with Gasteiger partial charge in [0.15, 0.2) is 11.5 Å². The van der Waals surface area contributed by atoms with Crippen LogP contribution < -0.4 is 14.2 Å². The number of methoxy groups -OCH3 is 3. The van der Waals surface area contributed by atoms with Crippen molar-refractivity contribution in [3.8, 4) is 28.7 Å². The number of thioether (sulfide) groups is 1. The lowest BCUT2D eigenvalue weighted by molar-refractivity contribution is 0.324. The molecular weight excluding hydrogens is 348 g/mol. The Morgan fingerprint density at radius 1 is 1.04 bits per heavy atom. The highest BCUT2D eigenvalue weighted by Gasteiger charge is 2.18. The quantitative estimate of drug-likeness (QED) is 0.573. The molecule has 25 heavy (non-hydrogen) atoms. The van der Waals surface area contributed by atoms with Crippen molar-refractivity contribution in [2.24, 2.45) is 7.05 Å². The summed E-state index contributed by atoms with van der Waals surface area (Å²) in [5, 5.41) is 20.0. The number of hydrogen-bond donors (Lipinski definition) is 0. The Bertz CT molecular complexity index is 840. The Morgan fingerprint density at radius 3 is 2.32 bits per heavy atom. The number of ether oxygens (including phenoxy) is 3. The van der Waals surface area contributed by atoms with Gasteiger partial charge in [0.25, 0.3) is 0 Å². The van der Waals surface area contributed by atoms with Gasteiger partial charge in [0.1, 0.15) is 0 Å². The summed E-state index contributed by atoms with van der Waals surface area (Å²) in [6.07, 6.45) is 0. The van der Waals surface area contributed by atoms with Crippen LogP contribution in [0.1, 0.15) is 5.89 Å². The first-order valence-corrected chi connectivity index (χ1v) is 8.12. The Balaban J connectivity index is 1.83. The zero-order valence-corrected chi connectivity index (χ0v) is 14.9. The van der Waals surface area contributed by atoms with Crippen LogP contribution in [0.3, 0.4) is 0 Å². The van der Waals surface area contributed by atoms with Gasteiger partial charge in [0.05, 0.1) is 27.1 Å². The molecule has 11 heteroatoms. The Hall–Kier alpha value is -2.82. The van der Waals surface area contributed by atoms with E-state index in [9.17, 15) is 0 Å². The van der Waals surface area contributed by atoms with E-state index in [1.807, 2.05) is 0 Å². The van der Waals surface area contributed by atoms with Gasteiger partial charge in [-0.3, -0.25) is 0 Å². The molecule has 0 fully saturated rings. The molecule has 0 spiro atoms. The van der Waals surface area contributed by atoms with Gasteiger partial charge < -0.3 is 18.6 Å². The topological polar surface area (TPSA) is 110 Å². The van der Waals surface area contributed by atoms with E-state index in [1.54, 1.807) is 45.2 Å². The van der Waals surface area contributed by atoms with Crippen LogP contribution in [0.2, 0.25) is 0 Å². The number of hydrogen-bond acceptors (Lipinski definition) is 10. The van der Waals surface area contributed by atoms with E-state index in [-0.39, 0.29) is 0 Å². The summed E-state index contributed by atoms with van der Waals surface area (Å²) in [5.41, 5.74) is 0.665. The van der Waals surface area contributed by atoms with E-state index < -0.39 is 0 Å². The largest absolute Gasteiger partial charge is 0.493 e. The van der Waals surface area contributed by atoms with E-state index in [0.29, 0.717) is 45.5 Å². The van der Waals surface area contributed by atoms with E-state index >= 15 is 0 Å². The minimum atomic E-state index is 0.353. The zero-order valence-electron chi connectivity index (χ0n) is 14.1. The first-order chi connectivity index (χ1) is 12.2.